The number of oxazole rings is 1. The van der Waals surface area contributed by atoms with E-state index in [2.05, 4.69) is 11.9 Å². The van der Waals surface area contributed by atoms with E-state index in [9.17, 15) is 4.39 Å². The van der Waals surface area contributed by atoms with Crippen molar-refractivity contribution in [3.8, 4) is 0 Å². The molecule has 1 atom stereocenters. The zero-order chi connectivity index (χ0) is 12.4. The minimum atomic E-state index is -0.405. The van der Waals surface area contributed by atoms with Crippen molar-refractivity contribution in [2.45, 2.75) is 19.8 Å². The molecule has 2 N–H and O–H groups in total. The van der Waals surface area contributed by atoms with E-state index in [1.165, 1.54) is 12.1 Å². The number of nitrogens with two attached hydrogens (primary N) is 1. The van der Waals surface area contributed by atoms with Gasteiger partial charge in [-0.1, -0.05) is 18.5 Å². The van der Waals surface area contributed by atoms with Crippen LogP contribution in [0.2, 0.25) is 5.02 Å². The molecular formula is C12H14ClFN2O. The molecule has 1 aromatic heterocycles. The van der Waals surface area contributed by atoms with Gasteiger partial charge in [0.15, 0.2) is 11.5 Å². The lowest BCUT2D eigenvalue weighted by Crippen LogP contribution is -2.11. The summed E-state index contributed by atoms with van der Waals surface area (Å²) in [6.07, 6.45) is 1.58. The van der Waals surface area contributed by atoms with Gasteiger partial charge in [-0.15, -0.1) is 0 Å². The molecule has 0 saturated heterocycles. The molecule has 0 radical (unpaired) electrons. The minimum absolute atomic E-state index is 0.255. The largest absolute Gasteiger partial charge is 0.439 e. The van der Waals surface area contributed by atoms with Crippen LogP contribution in [0.15, 0.2) is 16.5 Å². The Balaban J connectivity index is 2.23. The van der Waals surface area contributed by atoms with Crippen LogP contribution in [0.25, 0.3) is 11.1 Å². The first kappa shape index (κ1) is 12.3. The fourth-order valence-electron chi connectivity index (χ4n) is 1.60. The van der Waals surface area contributed by atoms with Gasteiger partial charge in [-0.3, -0.25) is 0 Å². The number of rotatable bonds is 4. The summed E-state index contributed by atoms with van der Waals surface area (Å²) in [5.41, 5.74) is 6.44. The average molecular weight is 257 g/mol. The molecule has 0 spiro atoms. The van der Waals surface area contributed by atoms with Crippen LogP contribution in [-0.4, -0.2) is 11.5 Å². The summed E-state index contributed by atoms with van der Waals surface area (Å²) in [5.74, 6) is 0.586. The molecular weight excluding hydrogens is 243 g/mol. The van der Waals surface area contributed by atoms with E-state index in [1.54, 1.807) is 0 Å². The topological polar surface area (TPSA) is 52.0 Å². The first-order chi connectivity index (χ1) is 8.10. The number of hydrogen-bond donors (Lipinski definition) is 1. The van der Waals surface area contributed by atoms with E-state index in [0.29, 0.717) is 35.9 Å². The Hall–Kier alpha value is -1.13. The van der Waals surface area contributed by atoms with E-state index in [1.807, 2.05) is 0 Å². The van der Waals surface area contributed by atoms with Gasteiger partial charge in [0.1, 0.15) is 11.3 Å². The zero-order valence-electron chi connectivity index (χ0n) is 9.54. The van der Waals surface area contributed by atoms with Gasteiger partial charge in [-0.05, 0) is 24.9 Å². The zero-order valence-corrected chi connectivity index (χ0v) is 10.3. The Morgan fingerprint density at radius 2 is 2.29 bits per heavy atom. The van der Waals surface area contributed by atoms with Crippen molar-refractivity contribution in [3.63, 3.8) is 0 Å². The smallest absolute Gasteiger partial charge is 0.195 e. The summed E-state index contributed by atoms with van der Waals surface area (Å²) in [6, 6.07) is 2.54. The van der Waals surface area contributed by atoms with Crippen LogP contribution >= 0.6 is 11.6 Å². The third-order valence-electron chi connectivity index (χ3n) is 2.71. The first-order valence-electron chi connectivity index (χ1n) is 5.54. The molecule has 0 saturated carbocycles. The number of benzene rings is 1. The van der Waals surface area contributed by atoms with Crippen LogP contribution in [0.3, 0.4) is 0 Å². The number of aromatic nitrogens is 1. The van der Waals surface area contributed by atoms with Gasteiger partial charge in [0, 0.05) is 12.5 Å². The van der Waals surface area contributed by atoms with E-state index in [0.717, 1.165) is 6.42 Å². The maximum Gasteiger partial charge on any atom is 0.195 e. The number of aryl methyl sites for hydroxylation is 1. The fraction of sp³-hybridized carbons (Fsp3) is 0.417. The summed E-state index contributed by atoms with van der Waals surface area (Å²) >= 11 is 5.87. The summed E-state index contributed by atoms with van der Waals surface area (Å²) in [7, 11) is 0. The molecule has 2 aromatic rings. The third-order valence-corrected chi connectivity index (χ3v) is 2.99. The van der Waals surface area contributed by atoms with Crippen LogP contribution in [-0.2, 0) is 6.42 Å². The van der Waals surface area contributed by atoms with Crippen molar-refractivity contribution in [2.75, 3.05) is 6.54 Å². The lowest BCUT2D eigenvalue weighted by molar-refractivity contribution is 0.471. The molecule has 0 bridgehead atoms. The average Bonchev–Trinajstić information content (AvgIpc) is 2.69. The van der Waals surface area contributed by atoms with Gasteiger partial charge in [0.05, 0.1) is 5.02 Å². The van der Waals surface area contributed by atoms with E-state index < -0.39 is 5.82 Å². The highest BCUT2D eigenvalue weighted by Gasteiger charge is 2.11. The molecule has 1 heterocycles. The maximum atomic E-state index is 13.1. The molecule has 2 rings (SSSR count). The van der Waals surface area contributed by atoms with Gasteiger partial charge in [-0.2, -0.15) is 0 Å². The number of nitrogens with zero attached hydrogens (tertiary/aromatic N) is 1. The van der Waals surface area contributed by atoms with Crippen LogP contribution in [0, 0.1) is 11.7 Å². The van der Waals surface area contributed by atoms with Gasteiger partial charge in [-0.25, -0.2) is 9.37 Å². The molecule has 3 nitrogen and oxygen atoms in total. The quantitative estimate of drug-likeness (QED) is 0.914. The summed E-state index contributed by atoms with van der Waals surface area (Å²) < 4.78 is 18.6. The van der Waals surface area contributed by atoms with Crippen molar-refractivity contribution in [1.82, 2.24) is 4.98 Å². The van der Waals surface area contributed by atoms with Crippen molar-refractivity contribution in [2.24, 2.45) is 11.7 Å². The highest BCUT2D eigenvalue weighted by molar-refractivity contribution is 6.34. The van der Waals surface area contributed by atoms with Crippen molar-refractivity contribution in [3.05, 3.63) is 28.9 Å². The Kier molecular flexibility index (Phi) is 3.64. The SMILES string of the molecule is CC(CN)CCc1nc2cc(F)cc(Cl)c2o1. The normalized spacial score (nSPS) is 13.2. The molecule has 92 valence electrons. The monoisotopic (exact) mass is 256 g/mol. The molecule has 0 amide bonds. The molecule has 0 fully saturated rings. The Bertz CT molecular complexity index is 526. The van der Waals surface area contributed by atoms with Crippen molar-refractivity contribution in [1.29, 1.82) is 0 Å². The van der Waals surface area contributed by atoms with E-state index in [-0.39, 0.29) is 5.02 Å². The second-order valence-corrected chi connectivity index (χ2v) is 4.63. The lowest BCUT2D eigenvalue weighted by atomic mass is 10.1. The number of hydrogen-bond acceptors (Lipinski definition) is 3. The van der Waals surface area contributed by atoms with Crippen LogP contribution < -0.4 is 5.73 Å². The third kappa shape index (κ3) is 2.76. The van der Waals surface area contributed by atoms with Crippen molar-refractivity contribution < 1.29 is 8.81 Å². The first-order valence-corrected chi connectivity index (χ1v) is 5.92. The van der Waals surface area contributed by atoms with Crippen LogP contribution in [0.1, 0.15) is 19.2 Å². The van der Waals surface area contributed by atoms with Gasteiger partial charge >= 0.3 is 0 Å². The molecule has 0 aliphatic rings. The van der Waals surface area contributed by atoms with Crippen molar-refractivity contribution >= 4 is 22.7 Å². The second kappa shape index (κ2) is 5.02. The summed E-state index contributed by atoms with van der Waals surface area (Å²) in [5, 5.41) is 0.255. The minimum Gasteiger partial charge on any atom is -0.439 e. The molecule has 0 aliphatic heterocycles. The Morgan fingerprint density at radius 1 is 1.53 bits per heavy atom. The fourth-order valence-corrected chi connectivity index (χ4v) is 1.84. The molecule has 0 aliphatic carbocycles. The molecule has 5 heteroatoms. The van der Waals surface area contributed by atoms with Gasteiger partial charge < -0.3 is 10.2 Å². The van der Waals surface area contributed by atoms with Gasteiger partial charge in [0.25, 0.3) is 0 Å². The van der Waals surface area contributed by atoms with Gasteiger partial charge in [0.2, 0.25) is 0 Å². The van der Waals surface area contributed by atoms with E-state index in [4.69, 9.17) is 21.8 Å². The number of fused-ring (bicyclic) bond motifs is 1. The predicted molar refractivity (Wildman–Crippen MR) is 65.5 cm³/mol. The highest BCUT2D eigenvalue weighted by atomic mass is 35.5. The maximum absolute atomic E-state index is 13.1. The highest BCUT2D eigenvalue weighted by Crippen LogP contribution is 2.26. The Morgan fingerprint density at radius 3 is 3.00 bits per heavy atom. The van der Waals surface area contributed by atoms with Crippen LogP contribution in [0.5, 0.6) is 0 Å². The second-order valence-electron chi connectivity index (χ2n) is 4.22. The lowest BCUT2D eigenvalue weighted by Gasteiger charge is -2.04. The predicted octanol–water partition coefficient (Wildman–Crippen LogP) is 3.15. The molecule has 17 heavy (non-hydrogen) atoms. The Labute approximate surface area is 104 Å². The number of halogens is 2. The van der Waals surface area contributed by atoms with Crippen LogP contribution in [0.4, 0.5) is 4.39 Å². The summed E-state index contributed by atoms with van der Waals surface area (Å²) in [4.78, 5) is 4.21. The standard InChI is InChI=1S/C12H14ClFN2O/c1-7(6-15)2-3-11-16-10-5-8(14)4-9(13)12(10)17-11/h4-5,7H,2-3,6,15H2,1H3. The molecule has 1 unspecified atom stereocenters. The molecule has 1 aromatic carbocycles. The summed E-state index contributed by atoms with van der Waals surface area (Å²) in [6.45, 7) is 2.70. The van der Waals surface area contributed by atoms with E-state index >= 15 is 0 Å².